The SMILES string of the molecule is C#CCCN1CCN(c2ccc(N)cc2)C1=O. The number of urea groups is 1. The van der Waals surface area contributed by atoms with Gasteiger partial charge in [0.1, 0.15) is 0 Å². The van der Waals surface area contributed by atoms with Crippen molar-refractivity contribution in [1.82, 2.24) is 4.90 Å². The molecule has 1 aromatic carbocycles. The molecular formula is C13H15N3O. The van der Waals surface area contributed by atoms with Crippen molar-refractivity contribution in [2.45, 2.75) is 6.42 Å². The average Bonchev–Trinajstić information content (AvgIpc) is 2.69. The van der Waals surface area contributed by atoms with Crippen LogP contribution in [0.25, 0.3) is 0 Å². The first-order valence-corrected chi connectivity index (χ1v) is 5.58. The molecule has 2 amide bonds. The third kappa shape index (κ3) is 2.34. The number of hydrogen-bond acceptors (Lipinski definition) is 2. The van der Waals surface area contributed by atoms with Gasteiger partial charge in [-0.15, -0.1) is 12.3 Å². The number of amides is 2. The van der Waals surface area contributed by atoms with Crippen molar-refractivity contribution in [2.24, 2.45) is 0 Å². The molecule has 1 saturated heterocycles. The van der Waals surface area contributed by atoms with Crippen LogP contribution in [0.3, 0.4) is 0 Å². The lowest BCUT2D eigenvalue weighted by molar-refractivity contribution is 0.221. The topological polar surface area (TPSA) is 49.6 Å². The van der Waals surface area contributed by atoms with E-state index in [4.69, 9.17) is 12.2 Å². The van der Waals surface area contributed by atoms with Crippen LogP contribution in [-0.2, 0) is 0 Å². The zero-order chi connectivity index (χ0) is 12.3. The summed E-state index contributed by atoms with van der Waals surface area (Å²) >= 11 is 0. The summed E-state index contributed by atoms with van der Waals surface area (Å²) in [6, 6.07) is 7.33. The van der Waals surface area contributed by atoms with E-state index < -0.39 is 0 Å². The Morgan fingerprint density at radius 2 is 2.00 bits per heavy atom. The minimum absolute atomic E-state index is 0.0185. The van der Waals surface area contributed by atoms with E-state index in [1.165, 1.54) is 0 Å². The molecule has 0 aliphatic carbocycles. The number of hydrogen-bond donors (Lipinski definition) is 1. The van der Waals surface area contributed by atoms with Gasteiger partial charge in [-0.2, -0.15) is 0 Å². The maximum Gasteiger partial charge on any atom is 0.324 e. The number of nitrogens with zero attached hydrogens (tertiary/aromatic N) is 2. The van der Waals surface area contributed by atoms with E-state index in [1.807, 2.05) is 12.1 Å². The third-order valence-electron chi connectivity index (χ3n) is 2.83. The first-order chi connectivity index (χ1) is 8.22. The van der Waals surface area contributed by atoms with Crippen molar-refractivity contribution in [3.8, 4) is 12.3 Å². The van der Waals surface area contributed by atoms with Gasteiger partial charge in [0.25, 0.3) is 0 Å². The lowest BCUT2D eigenvalue weighted by Crippen LogP contribution is -2.32. The van der Waals surface area contributed by atoms with E-state index in [1.54, 1.807) is 21.9 Å². The predicted molar refractivity (Wildman–Crippen MR) is 68.6 cm³/mol. The van der Waals surface area contributed by atoms with Crippen LogP contribution in [0.5, 0.6) is 0 Å². The second-order valence-electron chi connectivity index (χ2n) is 3.97. The molecule has 2 rings (SSSR count). The highest BCUT2D eigenvalue weighted by atomic mass is 16.2. The molecule has 0 aromatic heterocycles. The van der Waals surface area contributed by atoms with E-state index in [0.717, 1.165) is 12.2 Å². The van der Waals surface area contributed by atoms with Gasteiger partial charge in [0.05, 0.1) is 0 Å². The largest absolute Gasteiger partial charge is 0.399 e. The van der Waals surface area contributed by atoms with Crippen LogP contribution in [0.15, 0.2) is 24.3 Å². The molecule has 0 radical (unpaired) electrons. The molecule has 0 atom stereocenters. The van der Waals surface area contributed by atoms with Crippen molar-refractivity contribution in [3.63, 3.8) is 0 Å². The van der Waals surface area contributed by atoms with Crippen molar-refractivity contribution < 1.29 is 4.79 Å². The molecule has 0 spiro atoms. The summed E-state index contributed by atoms with van der Waals surface area (Å²) < 4.78 is 0. The van der Waals surface area contributed by atoms with Crippen molar-refractivity contribution in [2.75, 3.05) is 30.3 Å². The smallest absolute Gasteiger partial charge is 0.324 e. The molecule has 4 nitrogen and oxygen atoms in total. The molecule has 0 unspecified atom stereocenters. The van der Waals surface area contributed by atoms with Crippen LogP contribution >= 0.6 is 0 Å². The van der Waals surface area contributed by atoms with Crippen LogP contribution in [-0.4, -0.2) is 30.6 Å². The van der Waals surface area contributed by atoms with E-state index in [2.05, 4.69) is 5.92 Å². The lowest BCUT2D eigenvalue weighted by Gasteiger charge is -2.18. The molecule has 1 heterocycles. The number of carbonyl (C=O) groups is 1. The predicted octanol–water partition coefficient (Wildman–Crippen LogP) is 1.53. The van der Waals surface area contributed by atoms with Gasteiger partial charge in [-0.1, -0.05) is 0 Å². The highest BCUT2D eigenvalue weighted by Gasteiger charge is 2.28. The maximum atomic E-state index is 12.0. The van der Waals surface area contributed by atoms with Crippen LogP contribution in [0.2, 0.25) is 0 Å². The fourth-order valence-electron chi connectivity index (χ4n) is 1.88. The third-order valence-corrected chi connectivity index (χ3v) is 2.83. The van der Waals surface area contributed by atoms with Crippen molar-refractivity contribution in [1.29, 1.82) is 0 Å². The van der Waals surface area contributed by atoms with Gasteiger partial charge in [-0.3, -0.25) is 4.90 Å². The highest BCUT2D eigenvalue weighted by Crippen LogP contribution is 2.21. The number of rotatable bonds is 3. The number of anilines is 2. The molecule has 17 heavy (non-hydrogen) atoms. The Balaban J connectivity index is 2.07. The number of benzene rings is 1. The number of nitrogen functional groups attached to an aromatic ring is 1. The Morgan fingerprint density at radius 3 is 2.65 bits per heavy atom. The van der Waals surface area contributed by atoms with Gasteiger partial charge in [0.2, 0.25) is 0 Å². The molecule has 1 aliphatic heterocycles. The first-order valence-electron chi connectivity index (χ1n) is 5.58. The zero-order valence-electron chi connectivity index (χ0n) is 9.60. The number of terminal acetylenes is 1. The molecule has 1 aliphatic rings. The van der Waals surface area contributed by atoms with E-state index in [9.17, 15) is 4.79 Å². The molecular weight excluding hydrogens is 214 g/mol. The summed E-state index contributed by atoms with van der Waals surface area (Å²) in [7, 11) is 0. The van der Waals surface area contributed by atoms with Gasteiger partial charge in [-0.05, 0) is 24.3 Å². The van der Waals surface area contributed by atoms with Gasteiger partial charge < -0.3 is 10.6 Å². The fourth-order valence-corrected chi connectivity index (χ4v) is 1.88. The Bertz CT molecular complexity index is 447. The van der Waals surface area contributed by atoms with Gasteiger partial charge in [0, 0.05) is 37.4 Å². The molecule has 88 valence electrons. The Labute approximate surface area is 101 Å². The quantitative estimate of drug-likeness (QED) is 0.631. The molecule has 4 heteroatoms. The second-order valence-corrected chi connectivity index (χ2v) is 3.97. The Hall–Kier alpha value is -2.15. The summed E-state index contributed by atoms with van der Waals surface area (Å²) in [4.78, 5) is 15.6. The van der Waals surface area contributed by atoms with Crippen LogP contribution in [0.4, 0.5) is 16.2 Å². The standard InChI is InChI=1S/C13H15N3O/c1-2-3-8-15-9-10-16(13(15)17)12-6-4-11(14)5-7-12/h1,4-7H,3,8-10,14H2. The van der Waals surface area contributed by atoms with Gasteiger partial charge >= 0.3 is 6.03 Å². The zero-order valence-corrected chi connectivity index (χ0v) is 9.60. The van der Waals surface area contributed by atoms with Crippen LogP contribution in [0.1, 0.15) is 6.42 Å². The lowest BCUT2D eigenvalue weighted by atomic mass is 10.2. The monoisotopic (exact) mass is 229 g/mol. The van der Waals surface area contributed by atoms with Gasteiger partial charge in [0.15, 0.2) is 0 Å². The van der Waals surface area contributed by atoms with Crippen molar-refractivity contribution >= 4 is 17.4 Å². The summed E-state index contributed by atoms with van der Waals surface area (Å²) in [6.07, 6.45) is 5.80. The molecule has 2 N–H and O–H groups in total. The average molecular weight is 229 g/mol. The highest BCUT2D eigenvalue weighted by molar-refractivity contribution is 5.94. The number of nitrogens with two attached hydrogens (primary N) is 1. The van der Waals surface area contributed by atoms with E-state index in [-0.39, 0.29) is 6.03 Å². The molecule has 1 fully saturated rings. The van der Waals surface area contributed by atoms with Gasteiger partial charge in [-0.25, -0.2) is 4.79 Å². The van der Waals surface area contributed by atoms with Crippen molar-refractivity contribution in [3.05, 3.63) is 24.3 Å². The Morgan fingerprint density at radius 1 is 1.29 bits per heavy atom. The van der Waals surface area contributed by atoms with Crippen LogP contribution in [0, 0.1) is 12.3 Å². The fraction of sp³-hybridized carbons (Fsp3) is 0.308. The molecule has 1 aromatic rings. The maximum absolute atomic E-state index is 12.0. The van der Waals surface area contributed by atoms with E-state index >= 15 is 0 Å². The second kappa shape index (κ2) is 4.79. The number of carbonyl (C=O) groups excluding carboxylic acids is 1. The minimum atomic E-state index is 0.0185. The first kappa shape index (κ1) is 11.3. The summed E-state index contributed by atoms with van der Waals surface area (Å²) in [5, 5.41) is 0. The molecule has 0 bridgehead atoms. The molecule has 0 saturated carbocycles. The summed E-state index contributed by atoms with van der Waals surface area (Å²) in [6.45, 7) is 2.05. The minimum Gasteiger partial charge on any atom is -0.399 e. The van der Waals surface area contributed by atoms with E-state index in [0.29, 0.717) is 25.2 Å². The Kier molecular flexibility index (Phi) is 3.20. The normalized spacial score (nSPS) is 15.1. The summed E-state index contributed by atoms with van der Waals surface area (Å²) in [5.74, 6) is 2.55. The van der Waals surface area contributed by atoms with Crippen LogP contribution < -0.4 is 10.6 Å². The summed E-state index contributed by atoms with van der Waals surface area (Å²) in [5.41, 5.74) is 7.20.